The molecular formula is C17H16N2O5S2. The molecule has 0 radical (unpaired) electrons. The van der Waals surface area contributed by atoms with Crippen molar-refractivity contribution in [3.05, 3.63) is 57.7 Å². The molecule has 0 aliphatic heterocycles. The van der Waals surface area contributed by atoms with Crippen molar-refractivity contribution in [1.29, 1.82) is 0 Å². The van der Waals surface area contributed by atoms with Crippen molar-refractivity contribution >= 4 is 43.2 Å². The van der Waals surface area contributed by atoms with E-state index in [4.69, 9.17) is 0 Å². The zero-order valence-corrected chi connectivity index (χ0v) is 15.7. The normalized spacial score (nSPS) is 11.5. The summed E-state index contributed by atoms with van der Waals surface area (Å²) in [4.78, 5) is 23.3. The summed E-state index contributed by atoms with van der Waals surface area (Å²) < 4.78 is 34.5. The predicted molar refractivity (Wildman–Crippen MR) is 100 cm³/mol. The first kappa shape index (κ1) is 18.2. The summed E-state index contributed by atoms with van der Waals surface area (Å²) in [5.74, 6) is -0.500. The quantitative estimate of drug-likeness (QED) is 0.674. The van der Waals surface area contributed by atoms with E-state index in [9.17, 15) is 18.0 Å². The number of aromatic nitrogens is 1. The zero-order valence-electron chi connectivity index (χ0n) is 14.1. The monoisotopic (exact) mass is 392 g/mol. The van der Waals surface area contributed by atoms with E-state index >= 15 is 0 Å². The van der Waals surface area contributed by atoms with Gasteiger partial charge in [0.05, 0.1) is 27.8 Å². The van der Waals surface area contributed by atoms with Crippen LogP contribution in [0.2, 0.25) is 0 Å². The van der Waals surface area contributed by atoms with Gasteiger partial charge in [-0.2, -0.15) is 0 Å². The van der Waals surface area contributed by atoms with Crippen molar-refractivity contribution in [3.8, 4) is 0 Å². The number of hydrogen-bond acceptors (Lipinski definition) is 6. The summed E-state index contributed by atoms with van der Waals surface area (Å²) in [6.45, 7) is 2.38. The maximum Gasteiger partial charge on any atom is 0.337 e. The van der Waals surface area contributed by atoms with Crippen molar-refractivity contribution < 1.29 is 17.9 Å². The smallest absolute Gasteiger partial charge is 0.337 e. The second-order valence-corrected chi connectivity index (χ2v) is 8.09. The van der Waals surface area contributed by atoms with Gasteiger partial charge in [-0.3, -0.25) is 14.1 Å². The van der Waals surface area contributed by atoms with Crippen LogP contribution in [0.5, 0.6) is 0 Å². The third-order valence-corrected chi connectivity index (χ3v) is 6.15. The Morgan fingerprint density at radius 1 is 1.19 bits per heavy atom. The maximum absolute atomic E-state index is 12.6. The Morgan fingerprint density at radius 2 is 1.88 bits per heavy atom. The third-order valence-electron chi connectivity index (χ3n) is 3.82. The predicted octanol–water partition coefficient (Wildman–Crippen LogP) is 2.67. The van der Waals surface area contributed by atoms with Gasteiger partial charge in [0, 0.05) is 12.2 Å². The van der Waals surface area contributed by atoms with Gasteiger partial charge >= 0.3 is 10.8 Å². The molecule has 136 valence electrons. The van der Waals surface area contributed by atoms with Crippen LogP contribution in [-0.2, 0) is 21.3 Å². The van der Waals surface area contributed by atoms with Crippen LogP contribution in [0.3, 0.4) is 0 Å². The average Bonchev–Trinajstić information content (AvgIpc) is 2.95. The molecule has 0 aliphatic carbocycles. The second-order valence-electron chi connectivity index (χ2n) is 5.42. The summed E-state index contributed by atoms with van der Waals surface area (Å²) in [7, 11) is -2.55. The standard InChI is InChI=1S/C17H16N2O5S2/c1-3-19-14-9-8-13(10-15(14)25-17(19)21)26(22,23)18-12-6-4-11(5-7-12)16(20)24-2/h4-10,18H,3H2,1-2H3. The topological polar surface area (TPSA) is 94.5 Å². The van der Waals surface area contributed by atoms with Crippen molar-refractivity contribution in [2.45, 2.75) is 18.4 Å². The van der Waals surface area contributed by atoms with E-state index in [2.05, 4.69) is 9.46 Å². The number of ether oxygens (including phenoxy) is 1. The SMILES string of the molecule is CCn1c(=O)sc2cc(S(=O)(=O)Nc3ccc(C(=O)OC)cc3)ccc21. The van der Waals surface area contributed by atoms with E-state index in [-0.39, 0.29) is 9.77 Å². The van der Waals surface area contributed by atoms with E-state index in [0.29, 0.717) is 28.0 Å². The number of anilines is 1. The number of esters is 1. The molecular weight excluding hydrogens is 376 g/mol. The second kappa shape index (κ2) is 6.93. The van der Waals surface area contributed by atoms with E-state index in [1.165, 1.54) is 43.5 Å². The fourth-order valence-electron chi connectivity index (χ4n) is 2.52. The summed E-state index contributed by atoms with van der Waals surface area (Å²) in [6, 6.07) is 10.5. The number of fused-ring (bicyclic) bond motifs is 1. The number of nitrogens with zero attached hydrogens (tertiary/aromatic N) is 1. The van der Waals surface area contributed by atoms with Gasteiger partial charge in [-0.1, -0.05) is 11.3 Å². The molecule has 1 heterocycles. The zero-order chi connectivity index (χ0) is 18.9. The highest BCUT2D eigenvalue weighted by atomic mass is 32.2. The van der Waals surface area contributed by atoms with Crippen molar-refractivity contribution in [1.82, 2.24) is 4.57 Å². The number of methoxy groups -OCH3 is 1. The van der Waals surface area contributed by atoms with Crippen molar-refractivity contribution in [2.24, 2.45) is 0 Å². The van der Waals surface area contributed by atoms with Gasteiger partial charge in [0.2, 0.25) is 0 Å². The molecule has 3 rings (SSSR count). The molecule has 7 nitrogen and oxygen atoms in total. The number of aryl methyl sites for hydroxylation is 1. The molecule has 0 fully saturated rings. The molecule has 2 aromatic carbocycles. The molecule has 1 aromatic heterocycles. The van der Waals surface area contributed by atoms with Crippen LogP contribution in [0.4, 0.5) is 5.69 Å². The number of sulfonamides is 1. The van der Waals surface area contributed by atoms with E-state index in [0.717, 1.165) is 11.3 Å². The van der Waals surface area contributed by atoms with Gasteiger partial charge in [0.1, 0.15) is 0 Å². The minimum absolute atomic E-state index is 0.0616. The largest absolute Gasteiger partial charge is 0.465 e. The Labute approximate surface area is 153 Å². The number of hydrogen-bond donors (Lipinski definition) is 1. The Balaban J connectivity index is 1.91. The van der Waals surface area contributed by atoms with Crippen LogP contribution in [0, 0.1) is 0 Å². The van der Waals surface area contributed by atoms with Gasteiger partial charge in [-0.15, -0.1) is 0 Å². The van der Waals surface area contributed by atoms with Gasteiger partial charge in [0.25, 0.3) is 10.0 Å². The Bertz CT molecular complexity index is 1130. The van der Waals surface area contributed by atoms with Gasteiger partial charge in [0.15, 0.2) is 0 Å². The number of carbonyl (C=O) groups is 1. The Morgan fingerprint density at radius 3 is 2.50 bits per heavy atom. The minimum atomic E-state index is -3.82. The molecule has 1 N–H and O–H groups in total. The van der Waals surface area contributed by atoms with Crippen LogP contribution in [0.25, 0.3) is 10.2 Å². The average molecular weight is 392 g/mol. The first-order valence-electron chi connectivity index (χ1n) is 7.70. The number of nitrogens with one attached hydrogen (secondary N) is 1. The van der Waals surface area contributed by atoms with Gasteiger partial charge in [-0.25, -0.2) is 13.2 Å². The highest BCUT2D eigenvalue weighted by Crippen LogP contribution is 2.23. The molecule has 0 saturated carbocycles. The van der Waals surface area contributed by atoms with Crippen molar-refractivity contribution in [3.63, 3.8) is 0 Å². The molecule has 0 bridgehead atoms. The highest BCUT2D eigenvalue weighted by molar-refractivity contribution is 7.92. The van der Waals surface area contributed by atoms with E-state index < -0.39 is 16.0 Å². The lowest BCUT2D eigenvalue weighted by molar-refractivity contribution is 0.0601. The Kier molecular flexibility index (Phi) is 4.84. The molecule has 9 heteroatoms. The first-order valence-corrected chi connectivity index (χ1v) is 10.0. The summed E-state index contributed by atoms with van der Waals surface area (Å²) in [5, 5.41) is 0. The van der Waals surface area contributed by atoms with Crippen LogP contribution in [0.15, 0.2) is 52.2 Å². The molecule has 0 atom stereocenters. The number of thiazole rings is 1. The van der Waals surface area contributed by atoms with Crippen molar-refractivity contribution in [2.75, 3.05) is 11.8 Å². The molecule has 0 unspecified atom stereocenters. The minimum Gasteiger partial charge on any atom is -0.465 e. The van der Waals surface area contributed by atoms with E-state index in [1.807, 2.05) is 6.92 Å². The molecule has 0 saturated heterocycles. The molecule has 3 aromatic rings. The first-order chi connectivity index (χ1) is 12.4. The third kappa shape index (κ3) is 3.35. The van der Waals surface area contributed by atoms with Crippen LogP contribution in [0.1, 0.15) is 17.3 Å². The van der Waals surface area contributed by atoms with Crippen LogP contribution >= 0.6 is 11.3 Å². The lowest BCUT2D eigenvalue weighted by Gasteiger charge is -2.09. The van der Waals surface area contributed by atoms with E-state index in [1.54, 1.807) is 10.6 Å². The maximum atomic E-state index is 12.6. The molecule has 0 spiro atoms. The highest BCUT2D eigenvalue weighted by Gasteiger charge is 2.17. The van der Waals surface area contributed by atoms with Crippen LogP contribution < -0.4 is 9.60 Å². The summed E-state index contributed by atoms with van der Waals surface area (Å²) in [5.41, 5.74) is 1.35. The summed E-state index contributed by atoms with van der Waals surface area (Å²) >= 11 is 1.01. The fourth-order valence-corrected chi connectivity index (χ4v) is 4.67. The summed E-state index contributed by atoms with van der Waals surface area (Å²) in [6.07, 6.45) is 0. The lowest BCUT2D eigenvalue weighted by atomic mass is 10.2. The number of rotatable bonds is 5. The lowest BCUT2D eigenvalue weighted by Crippen LogP contribution is -2.13. The number of benzene rings is 2. The Hall–Kier alpha value is -2.65. The van der Waals surface area contributed by atoms with Gasteiger partial charge < -0.3 is 4.74 Å². The van der Waals surface area contributed by atoms with Crippen LogP contribution in [-0.4, -0.2) is 26.1 Å². The molecule has 0 amide bonds. The molecule has 0 aliphatic rings. The van der Waals surface area contributed by atoms with Gasteiger partial charge in [-0.05, 0) is 49.4 Å². The molecule has 26 heavy (non-hydrogen) atoms. The number of carbonyl (C=O) groups excluding carboxylic acids is 1. The fraction of sp³-hybridized carbons (Fsp3) is 0.176.